The number of aliphatic hydroxyl groups excluding tert-OH is 1. The Morgan fingerprint density at radius 3 is 2.67 bits per heavy atom. The second-order valence-electron chi connectivity index (χ2n) is 2.64. The minimum Gasteiger partial charge on any atom is -0.382 e. The van der Waals surface area contributed by atoms with Crippen molar-refractivity contribution in [3.8, 4) is 0 Å². The smallest absolute Gasteiger partial charge is 0.252 e. The zero-order valence-electron chi connectivity index (χ0n) is 6.77. The van der Waals surface area contributed by atoms with Gasteiger partial charge in [-0.15, -0.1) is 0 Å². The maximum atomic E-state index is 11.3. The van der Waals surface area contributed by atoms with Crippen LogP contribution in [0, 0.1) is 0 Å². The fourth-order valence-electron chi connectivity index (χ4n) is 1.07. The van der Waals surface area contributed by atoms with Gasteiger partial charge in [-0.1, -0.05) is 0 Å². The summed E-state index contributed by atoms with van der Waals surface area (Å²) in [4.78, 5) is 12.9. The number of rotatable bonds is 2. The molecule has 1 N–H and O–H groups in total. The molecule has 0 spiro atoms. The topological polar surface area (TPSA) is 49.8 Å². The molecule has 12 heavy (non-hydrogen) atoms. The molecule has 0 aromatic carbocycles. The molecule has 0 aromatic rings. The largest absolute Gasteiger partial charge is 0.382 e. The molecule has 0 aromatic heterocycles. The van der Waals surface area contributed by atoms with Crippen molar-refractivity contribution in [1.29, 1.82) is 0 Å². The first-order chi connectivity index (χ1) is 5.75. The quantitative estimate of drug-likeness (QED) is 0.558. The maximum absolute atomic E-state index is 11.3. The molecular weight excluding hydrogens is 178 g/mol. The van der Waals surface area contributed by atoms with Gasteiger partial charge in [0.25, 0.3) is 5.91 Å². The van der Waals surface area contributed by atoms with Crippen LogP contribution >= 0.6 is 12.6 Å². The average Bonchev–Trinajstić information content (AvgIpc) is 2.17. The van der Waals surface area contributed by atoms with Gasteiger partial charge in [0.05, 0.1) is 13.2 Å². The Labute approximate surface area is 76.9 Å². The van der Waals surface area contributed by atoms with Crippen LogP contribution in [0.25, 0.3) is 0 Å². The fourth-order valence-corrected chi connectivity index (χ4v) is 1.23. The molecular formula is C7H13NO3S. The van der Waals surface area contributed by atoms with Crippen molar-refractivity contribution in [2.45, 2.75) is 6.10 Å². The van der Waals surface area contributed by atoms with Gasteiger partial charge in [0.2, 0.25) is 0 Å². The van der Waals surface area contributed by atoms with E-state index in [-0.39, 0.29) is 11.7 Å². The second-order valence-corrected chi connectivity index (χ2v) is 3.00. The number of carbonyl (C=O) groups is 1. The minimum atomic E-state index is -0.966. The summed E-state index contributed by atoms with van der Waals surface area (Å²) >= 11 is 3.85. The van der Waals surface area contributed by atoms with E-state index >= 15 is 0 Å². The molecule has 0 unspecified atom stereocenters. The van der Waals surface area contributed by atoms with Crippen LogP contribution in [-0.2, 0) is 9.53 Å². The first-order valence-corrected chi connectivity index (χ1v) is 4.54. The summed E-state index contributed by atoms with van der Waals surface area (Å²) in [5, 5.41) is 9.17. The van der Waals surface area contributed by atoms with E-state index in [0.717, 1.165) is 0 Å². The highest BCUT2D eigenvalue weighted by molar-refractivity contribution is 7.80. The van der Waals surface area contributed by atoms with E-state index in [2.05, 4.69) is 12.6 Å². The summed E-state index contributed by atoms with van der Waals surface area (Å²) in [6, 6.07) is 0. The Morgan fingerprint density at radius 2 is 2.17 bits per heavy atom. The Kier molecular flexibility index (Phi) is 3.84. The van der Waals surface area contributed by atoms with Crippen LogP contribution in [-0.4, -0.2) is 54.1 Å². The lowest BCUT2D eigenvalue weighted by atomic mass is 10.3. The van der Waals surface area contributed by atoms with Crippen molar-refractivity contribution in [3.63, 3.8) is 0 Å². The van der Waals surface area contributed by atoms with Crippen LogP contribution in [0.4, 0.5) is 0 Å². The van der Waals surface area contributed by atoms with Gasteiger partial charge in [-0.25, -0.2) is 0 Å². The van der Waals surface area contributed by atoms with Crippen molar-refractivity contribution in [1.82, 2.24) is 4.90 Å². The Hall–Kier alpha value is -0.260. The van der Waals surface area contributed by atoms with E-state index in [1.165, 1.54) is 0 Å². The molecule has 4 nitrogen and oxygen atoms in total. The highest BCUT2D eigenvalue weighted by Gasteiger charge is 2.22. The number of carbonyl (C=O) groups excluding carboxylic acids is 1. The molecule has 1 aliphatic heterocycles. The Morgan fingerprint density at radius 1 is 1.58 bits per heavy atom. The van der Waals surface area contributed by atoms with Gasteiger partial charge in [0.15, 0.2) is 0 Å². The Bertz CT molecular complexity index is 159. The van der Waals surface area contributed by atoms with Gasteiger partial charge in [0, 0.05) is 18.8 Å². The summed E-state index contributed by atoms with van der Waals surface area (Å²) in [6.45, 7) is 2.27. The van der Waals surface area contributed by atoms with Crippen LogP contribution in [0.5, 0.6) is 0 Å². The number of hydrogen-bond acceptors (Lipinski definition) is 4. The molecule has 0 saturated carbocycles. The van der Waals surface area contributed by atoms with Crippen LogP contribution in [0.15, 0.2) is 0 Å². The third kappa shape index (κ3) is 2.36. The summed E-state index contributed by atoms with van der Waals surface area (Å²) in [6.07, 6.45) is -0.966. The summed E-state index contributed by atoms with van der Waals surface area (Å²) in [5.41, 5.74) is 0. The monoisotopic (exact) mass is 191 g/mol. The van der Waals surface area contributed by atoms with Crippen molar-refractivity contribution in [2.24, 2.45) is 0 Å². The van der Waals surface area contributed by atoms with E-state index in [1.807, 2.05) is 0 Å². The average molecular weight is 191 g/mol. The van der Waals surface area contributed by atoms with Crippen molar-refractivity contribution in [3.05, 3.63) is 0 Å². The lowest BCUT2D eigenvalue weighted by Gasteiger charge is -2.28. The number of thiol groups is 1. The summed E-state index contributed by atoms with van der Waals surface area (Å²) in [5.74, 6) is -0.0655. The van der Waals surface area contributed by atoms with Gasteiger partial charge in [-0.3, -0.25) is 4.79 Å². The Balaban J connectivity index is 2.39. The zero-order valence-corrected chi connectivity index (χ0v) is 7.67. The van der Waals surface area contributed by atoms with Crippen LogP contribution in [0.3, 0.4) is 0 Å². The molecule has 1 saturated heterocycles. The van der Waals surface area contributed by atoms with E-state index in [4.69, 9.17) is 4.74 Å². The molecule has 70 valence electrons. The van der Waals surface area contributed by atoms with E-state index in [9.17, 15) is 9.90 Å². The van der Waals surface area contributed by atoms with Crippen molar-refractivity contribution >= 4 is 18.5 Å². The molecule has 1 aliphatic rings. The molecule has 1 fully saturated rings. The van der Waals surface area contributed by atoms with Gasteiger partial charge in [-0.2, -0.15) is 12.6 Å². The molecule has 0 radical (unpaired) electrons. The summed E-state index contributed by atoms with van der Waals surface area (Å²) in [7, 11) is 0. The van der Waals surface area contributed by atoms with Crippen LogP contribution < -0.4 is 0 Å². The van der Waals surface area contributed by atoms with Gasteiger partial charge in [-0.05, 0) is 0 Å². The third-order valence-corrected chi connectivity index (χ3v) is 2.13. The van der Waals surface area contributed by atoms with E-state index < -0.39 is 6.10 Å². The predicted octanol–water partition coefficient (Wildman–Crippen LogP) is -0.864. The lowest BCUT2D eigenvalue weighted by molar-refractivity contribution is -0.143. The number of amides is 1. The molecule has 1 rings (SSSR count). The molecule has 1 atom stereocenters. The highest BCUT2D eigenvalue weighted by atomic mass is 32.1. The first kappa shape index (κ1) is 9.83. The third-order valence-electron chi connectivity index (χ3n) is 1.78. The van der Waals surface area contributed by atoms with E-state index in [0.29, 0.717) is 26.3 Å². The summed E-state index contributed by atoms with van der Waals surface area (Å²) < 4.78 is 5.07. The molecule has 5 heteroatoms. The lowest BCUT2D eigenvalue weighted by Crippen LogP contribution is -2.46. The fraction of sp³-hybridized carbons (Fsp3) is 0.857. The predicted molar refractivity (Wildman–Crippen MR) is 47.3 cm³/mol. The molecule has 1 heterocycles. The molecule has 1 amide bonds. The van der Waals surface area contributed by atoms with Crippen LogP contribution in [0.1, 0.15) is 0 Å². The maximum Gasteiger partial charge on any atom is 0.252 e. The normalized spacial score (nSPS) is 20.7. The van der Waals surface area contributed by atoms with Crippen LogP contribution in [0.2, 0.25) is 0 Å². The standard InChI is InChI=1S/C7H13NO3S/c9-6(5-12)7(10)8-1-3-11-4-2-8/h6,9,12H,1-5H2/t6-/m0/s1. The van der Waals surface area contributed by atoms with Crippen molar-refractivity contribution in [2.75, 3.05) is 32.1 Å². The minimum absolute atomic E-state index is 0.177. The van der Waals surface area contributed by atoms with Gasteiger partial charge in [0.1, 0.15) is 6.10 Å². The molecule has 0 bridgehead atoms. The number of nitrogens with zero attached hydrogens (tertiary/aromatic N) is 1. The highest BCUT2D eigenvalue weighted by Crippen LogP contribution is 2.01. The number of morpholine rings is 1. The second kappa shape index (κ2) is 4.69. The van der Waals surface area contributed by atoms with Gasteiger partial charge >= 0.3 is 0 Å². The number of aliphatic hydroxyl groups is 1. The number of hydrogen-bond donors (Lipinski definition) is 2. The van der Waals surface area contributed by atoms with Crippen molar-refractivity contribution < 1.29 is 14.6 Å². The first-order valence-electron chi connectivity index (χ1n) is 3.91. The SMILES string of the molecule is O=C([C@@H](O)CS)N1CCOCC1. The zero-order chi connectivity index (χ0) is 8.97. The van der Waals surface area contributed by atoms with Gasteiger partial charge < -0.3 is 14.7 Å². The molecule has 0 aliphatic carbocycles. The van der Waals surface area contributed by atoms with E-state index in [1.54, 1.807) is 4.90 Å². The number of ether oxygens (including phenoxy) is 1.